The fourth-order valence-corrected chi connectivity index (χ4v) is 2.01. The van der Waals surface area contributed by atoms with E-state index in [4.69, 9.17) is 16.3 Å². The molecule has 2 amide bonds. The van der Waals surface area contributed by atoms with Gasteiger partial charge in [0.05, 0.1) is 17.8 Å². The zero-order chi connectivity index (χ0) is 12.3. The number of rotatable bonds is 2. The molecule has 4 nitrogen and oxygen atoms in total. The van der Waals surface area contributed by atoms with E-state index < -0.39 is 0 Å². The molecular formula is C12H15ClN2O2. The van der Waals surface area contributed by atoms with Gasteiger partial charge in [-0.15, -0.1) is 0 Å². The van der Waals surface area contributed by atoms with Crippen LogP contribution in [0.5, 0.6) is 5.75 Å². The van der Waals surface area contributed by atoms with Gasteiger partial charge in [0, 0.05) is 19.2 Å². The molecule has 0 atom stereocenters. The largest absolute Gasteiger partial charge is 0.497 e. The van der Waals surface area contributed by atoms with E-state index in [9.17, 15) is 4.79 Å². The molecule has 0 aliphatic carbocycles. The molecule has 2 rings (SSSR count). The Hall–Kier alpha value is -1.42. The van der Waals surface area contributed by atoms with Gasteiger partial charge < -0.3 is 15.0 Å². The smallest absolute Gasteiger partial charge is 0.321 e. The van der Waals surface area contributed by atoms with Crippen molar-refractivity contribution in [1.29, 1.82) is 0 Å². The Kier molecular flexibility index (Phi) is 3.74. The summed E-state index contributed by atoms with van der Waals surface area (Å²) < 4.78 is 5.09. The second kappa shape index (κ2) is 5.27. The average molecular weight is 255 g/mol. The van der Waals surface area contributed by atoms with Crippen LogP contribution in [0.2, 0.25) is 5.02 Å². The molecule has 1 fully saturated rings. The van der Waals surface area contributed by atoms with Gasteiger partial charge in [-0.2, -0.15) is 0 Å². The maximum absolute atomic E-state index is 11.9. The van der Waals surface area contributed by atoms with Crippen molar-refractivity contribution in [1.82, 2.24) is 4.90 Å². The van der Waals surface area contributed by atoms with Gasteiger partial charge in [0.15, 0.2) is 0 Å². The van der Waals surface area contributed by atoms with Crippen molar-refractivity contribution in [3.63, 3.8) is 0 Å². The lowest BCUT2D eigenvalue weighted by Gasteiger charge is -2.17. The number of urea groups is 1. The van der Waals surface area contributed by atoms with Crippen LogP contribution in [0.1, 0.15) is 12.8 Å². The number of amides is 2. The first-order valence-electron chi connectivity index (χ1n) is 5.60. The first kappa shape index (κ1) is 12.0. The Bertz CT molecular complexity index is 417. The van der Waals surface area contributed by atoms with Crippen molar-refractivity contribution in [2.45, 2.75) is 12.8 Å². The number of hydrogen-bond acceptors (Lipinski definition) is 2. The monoisotopic (exact) mass is 254 g/mol. The predicted molar refractivity (Wildman–Crippen MR) is 67.8 cm³/mol. The van der Waals surface area contributed by atoms with E-state index in [1.165, 1.54) is 0 Å². The van der Waals surface area contributed by atoms with Crippen molar-refractivity contribution in [3.05, 3.63) is 23.2 Å². The summed E-state index contributed by atoms with van der Waals surface area (Å²) in [7, 11) is 1.58. The second-order valence-corrected chi connectivity index (χ2v) is 4.38. The minimum absolute atomic E-state index is 0.0994. The van der Waals surface area contributed by atoms with Gasteiger partial charge in [-0.3, -0.25) is 0 Å². The summed E-state index contributed by atoms with van der Waals surface area (Å²) in [6.07, 6.45) is 2.14. The number of halogens is 1. The van der Waals surface area contributed by atoms with Crippen LogP contribution in [-0.4, -0.2) is 31.1 Å². The van der Waals surface area contributed by atoms with Crippen LogP contribution in [0.15, 0.2) is 18.2 Å². The summed E-state index contributed by atoms with van der Waals surface area (Å²) in [6, 6.07) is 5.09. The summed E-state index contributed by atoms with van der Waals surface area (Å²) in [5, 5.41) is 3.31. The van der Waals surface area contributed by atoms with Crippen molar-refractivity contribution in [2.75, 3.05) is 25.5 Å². The summed E-state index contributed by atoms with van der Waals surface area (Å²) in [5.74, 6) is 0.672. The topological polar surface area (TPSA) is 41.6 Å². The number of benzene rings is 1. The molecule has 5 heteroatoms. The highest BCUT2D eigenvalue weighted by molar-refractivity contribution is 6.33. The number of carbonyl (C=O) groups excluding carboxylic acids is 1. The van der Waals surface area contributed by atoms with E-state index in [2.05, 4.69) is 5.32 Å². The van der Waals surface area contributed by atoms with E-state index in [1.54, 1.807) is 30.2 Å². The van der Waals surface area contributed by atoms with Crippen LogP contribution >= 0.6 is 11.6 Å². The van der Waals surface area contributed by atoms with Gasteiger partial charge in [0.25, 0.3) is 0 Å². The zero-order valence-electron chi connectivity index (χ0n) is 9.70. The van der Waals surface area contributed by atoms with Gasteiger partial charge in [-0.25, -0.2) is 4.79 Å². The van der Waals surface area contributed by atoms with Crippen LogP contribution in [0, 0.1) is 0 Å². The fourth-order valence-electron chi connectivity index (χ4n) is 1.84. The summed E-state index contributed by atoms with van der Waals surface area (Å²) >= 11 is 6.02. The fraction of sp³-hybridized carbons (Fsp3) is 0.417. The normalized spacial score (nSPS) is 14.8. The quantitative estimate of drug-likeness (QED) is 0.882. The van der Waals surface area contributed by atoms with E-state index in [-0.39, 0.29) is 6.03 Å². The van der Waals surface area contributed by atoms with E-state index >= 15 is 0 Å². The third kappa shape index (κ3) is 2.82. The molecule has 1 aromatic carbocycles. The molecule has 0 unspecified atom stereocenters. The SMILES string of the molecule is COc1ccc(Cl)c(NC(=O)N2CCCC2)c1. The van der Waals surface area contributed by atoms with Crippen LogP contribution < -0.4 is 10.1 Å². The standard InChI is InChI=1S/C12H15ClN2O2/c1-17-9-4-5-10(13)11(8-9)14-12(16)15-6-2-3-7-15/h4-5,8H,2-3,6-7H2,1H3,(H,14,16). The van der Waals surface area contributed by atoms with Gasteiger partial charge in [-0.05, 0) is 25.0 Å². The van der Waals surface area contributed by atoms with Crippen LogP contribution in [0.25, 0.3) is 0 Å². The van der Waals surface area contributed by atoms with Crippen molar-refractivity contribution in [3.8, 4) is 5.75 Å². The van der Waals surface area contributed by atoms with E-state index in [1.807, 2.05) is 0 Å². The number of hydrogen-bond donors (Lipinski definition) is 1. The van der Waals surface area contributed by atoms with Gasteiger partial charge in [0.1, 0.15) is 5.75 Å². The number of ether oxygens (including phenoxy) is 1. The van der Waals surface area contributed by atoms with Crippen LogP contribution in [0.3, 0.4) is 0 Å². The number of carbonyl (C=O) groups is 1. The number of nitrogens with zero attached hydrogens (tertiary/aromatic N) is 1. The van der Waals surface area contributed by atoms with Gasteiger partial charge >= 0.3 is 6.03 Å². The van der Waals surface area contributed by atoms with Gasteiger partial charge in [-0.1, -0.05) is 11.6 Å². The second-order valence-electron chi connectivity index (χ2n) is 3.97. The third-order valence-corrected chi connectivity index (χ3v) is 3.14. The van der Waals surface area contributed by atoms with E-state index in [0.29, 0.717) is 16.5 Å². The zero-order valence-corrected chi connectivity index (χ0v) is 10.5. The lowest BCUT2D eigenvalue weighted by atomic mass is 10.3. The Morgan fingerprint density at radius 3 is 2.76 bits per heavy atom. The Labute approximate surface area is 106 Å². The highest BCUT2D eigenvalue weighted by Gasteiger charge is 2.18. The minimum atomic E-state index is -0.0994. The van der Waals surface area contributed by atoms with Crippen molar-refractivity contribution >= 4 is 23.3 Å². The molecule has 17 heavy (non-hydrogen) atoms. The highest BCUT2D eigenvalue weighted by atomic mass is 35.5. The molecule has 1 heterocycles. The predicted octanol–water partition coefficient (Wildman–Crippen LogP) is 2.98. The van der Waals surface area contributed by atoms with Crippen molar-refractivity contribution < 1.29 is 9.53 Å². The Morgan fingerprint density at radius 2 is 2.12 bits per heavy atom. The van der Waals surface area contributed by atoms with Crippen LogP contribution in [0.4, 0.5) is 10.5 Å². The van der Waals surface area contributed by atoms with Crippen molar-refractivity contribution in [2.24, 2.45) is 0 Å². The number of likely N-dealkylation sites (tertiary alicyclic amines) is 1. The number of methoxy groups -OCH3 is 1. The molecule has 1 aliphatic rings. The molecule has 1 aromatic rings. The molecule has 0 saturated carbocycles. The Morgan fingerprint density at radius 1 is 1.41 bits per heavy atom. The van der Waals surface area contributed by atoms with E-state index in [0.717, 1.165) is 25.9 Å². The Balaban J connectivity index is 2.09. The molecule has 92 valence electrons. The molecule has 1 N–H and O–H groups in total. The molecule has 0 radical (unpaired) electrons. The number of anilines is 1. The first-order valence-corrected chi connectivity index (χ1v) is 5.98. The molecule has 1 aliphatic heterocycles. The highest BCUT2D eigenvalue weighted by Crippen LogP contribution is 2.27. The summed E-state index contributed by atoms with van der Waals surface area (Å²) in [5.41, 5.74) is 0.586. The minimum Gasteiger partial charge on any atom is -0.497 e. The number of nitrogens with one attached hydrogen (secondary N) is 1. The average Bonchev–Trinajstić information content (AvgIpc) is 2.85. The maximum atomic E-state index is 11.9. The molecular weight excluding hydrogens is 240 g/mol. The lowest BCUT2D eigenvalue weighted by Crippen LogP contribution is -2.32. The lowest BCUT2D eigenvalue weighted by molar-refractivity contribution is 0.222. The third-order valence-electron chi connectivity index (χ3n) is 2.81. The summed E-state index contributed by atoms with van der Waals surface area (Å²) in [4.78, 5) is 13.7. The van der Waals surface area contributed by atoms with Gasteiger partial charge in [0.2, 0.25) is 0 Å². The first-order chi connectivity index (χ1) is 8.20. The molecule has 1 saturated heterocycles. The molecule has 0 aromatic heterocycles. The maximum Gasteiger partial charge on any atom is 0.321 e. The van der Waals surface area contributed by atoms with Crippen LogP contribution in [-0.2, 0) is 0 Å². The summed E-state index contributed by atoms with van der Waals surface area (Å²) in [6.45, 7) is 1.63. The molecule has 0 bridgehead atoms. The molecule has 0 spiro atoms.